The van der Waals surface area contributed by atoms with Crippen molar-refractivity contribution in [1.29, 1.82) is 0 Å². The van der Waals surface area contributed by atoms with Crippen LogP contribution in [0.25, 0.3) is 11.1 Å². The monoisotopic (exact) mass is 177 g/mol. The summed E-state index contributed by atoms with van der Waals surface area (Å²) in [4.78, 5) is 24.1. The fourth-order valence-corrected chi connectivity index (χ4v) is 1.19. The van der Waals surface area contributed by atoms with Crippen LogP contribution >= 0.6 is 0 Å². The molecule has 2 rings (SSSR count). The third-order valence-electron chi connectivity index (χ3n) is 1.82. The highest BCUT2D eigenvalue weighted by Gasteiger charge is 2.09. The van der Waals surface area contributed by atoms with Gasteiger partial charge in [0.1, 0.15) is 0 Å². The highest BCUT2D eigenvalue weighted by atomic mass is 16.3. The summed E-state index contributed by atoms with van der Waals surface area (Å²) in [5, 5.41) is 0. The van der Waals surface area contributed by atoms with Gasteiger partial charge in [-0.1, -0.05) is 0 Å². The Hall–Kier alpha value is -1.84. The molecule has 0 aromatic carbocycles. The highest BCUT2D eigenvalue weighted by molar-refractivity contribution is 5.97. The Bertz CT molecular complexity index is 446. The number of carbonyl (C=O) groups excluding carboxylic acids is 2. The van der Waals surface area contributed by atoms with Gasteiger partial charge < -0.3 is 9.40 Å². The number of furan rings is 1. The quantitative estimate of drug-likeness (QED) is 0.561. The van der Waals surface area contributed by atoms with Crippen LogP contribution in [0.15, 0.2) is 16.5 Å². The van der Waals surface area contributed by atoms with E-state index in [1.807, 2.05) is 0 Å². The van der Waals surface area contributed by atoms with E-state index in [2.05, 4.69) is 4.98 Å². The second-order valence-electron chi connectivity index (χ2n) is 2.78. The maximum Gasteiger partial charge on any atom is 0.185 e. The molecule has 13 heavy (non-hydrogen) atoms. The first-order chi connectivity index (χ1) is 6.20. The third kappa shape index (κ3) is 1.16. The molecule has 4 heteroatoms. The maximum absolute atomic E-state index is 10.9. The Morgan fingerprint density at radius 1 is 1.54 bits per heavy atom. The Morgan fingerprint density at radius 3 is 2.85 bits per heavy atom. The van der Waals surface area contributed by atoms with Crippen molar-refractivity contribution < 1.29 is 14.0 Å². The Morgan fingerprint density at radius 2 is 2.31 bits per heavy atom. The van der Waals surface area contributed by atoms with Crippen molar-refractivity contribution in [3.8, 4) is 0 Å². The molecule has 0 aliphatic carbocycles. The van der Waals surface area contributed by atoms with Crippen LogP contribution in [0.2, 0.25) is 0 Å². The molecule has 4 nitrogen and oxygen atoms in total. The van der Waals surface area contributed by atoms with Crippen molar-refractivity contribution in [3.05, 3.63) is 23.6 Å². The van der Waals surface area contributed by atoms with Crippen LogP contribution in [0.1, 0.15) is 28.0 Å². The molecule has 2 aromatic heterocycles. The first-order valence-corrected chi connectivity index (χ1v) is 3.79. The summed E-state index contributed by atoms with van der Waals surface area (Å²) in [6.45, 7) is 1.46. The van der Waals surface area contributed by atoms with Gasteiger partial charge in [0.2, 0.25) is 0 Å². The topological polar surface area (TPSA) is 63.1 Å². The number of aromatic amines is 1. The second-order valence-corrected chi connectivity index (χ2v) is 2.78. The molecule has 1 N–H and O–H groups in total. The van der Waals surface area contributed by atoms with E-state index in [1.54, 1.807) is 12.1 Å². The zero-order valence-corrected chi connectivity index (χ0v) is 6.96. The van der Waals surface area contributed by atoms with Crippen molar-refractivity contribution in [3.63, 3.8) is 0 Å². The van der Waals surface area contributed by atoms with Crippen LogP contribution < -0.4 is 0 Å². The predicted octanol–water partition coefficient (Wildman–Crippen LogP) is 1.78. The van der Waals surface area contributed by atoms with Gasteiger partial charge in [-0.25, -0.2) is 0 Å². The van der Waals surface area contributed by atoms with Gasteiger partial charge in [-0.05, 0) is 0 Å². The third-order valence-corrected chi connectivity index (χ3v) is 1.82. The van der Waals surface area contributed by atoms with Gasteiger partial charge in [0.15, 0.2) is 23.4 Å². The summed E-state index contributed by atoms with van der Waals surface area (Å²) in [5.41, 5.74) is 1.70. The van der Waals surface area contributed by atoms with Crippen molar-refractivity contribution >= 4 is 23.2 Å². The fourth-order valence-electron chi connectivity index (χ4n) is 1.19. The molecule has 2 heterocycles. The van der Waals surface area contributed by atoms with Crippen LogP contribution in [0.3, 0.4) is 0 Å². The van der Waals surface area contributed by atoms with Crippen LogP contribution in [0, 0.1) is 0 Å². The van der Waals surface area contributed by atoms with Gasteiger partial charge in [-0.2, -0.15) is 0 Å². The van der Waals surface area contributed by atoms with Crippen molar-refractivity contribution in [2.24, 2.45) is 0 Å². The van der Waals surface area contributed by atoms with Gasteiger partial charge in [0.05, 0.1) is 11.2 Å². The first kappa shape index (κ1) is 7.79. The summed E-state index contributed by atoms with van der Waals surface area (Å²) in [7, 11) is 0. The summed E-state index contributed by atoms with van der Waals surface area (Å²) in [6.07, 6.45) is 0.626. The summed E-state index contributed by atoms with van der Waals surface area (Å²) >= 11 is 0. The number of aldehydes is 1. The molecule has 0 aliphatic rings. The molecule has 0 fully saturated rings. The molecule has 0 aliphatic heterocycles. The molecule has 2 aromatic rings. The first-order valence-electron chi connectivity index (χ1n) is 3.79. The van der Waals surface area contributed by atoms with Gasteiger partial charge in [0.25, 0.3) is 0 Å². The number of rotatable bonds is 2. The number of aromatic nitrogens is 1. The van der Waals surface area contributed by atoms with E-state index in [9.17, 15) is 9.59 Å². The maximum atomic E-state index is 10.9. The lowest BCUT2D eigenvalue weighted by Crippen LogP contribution is -1.90. The van der Waals surface area contributed by atoms with Crippen LogP contribution in [-0.4, -0.2) is 17.1 Å². The molecule has 0 amide bonds. The minimum atomic E-state index is -0.0564. The number of carbonyl (C=O) groups is 2. The van der Waals surface area contributed by atoms with E-state index in [1.165, 1.54) is 6.92 Å². The SMILES string of the molecule is CC(=O)c1cc2oc(C=O)cc2[nH]1. The summed E-state index contributed by atoms with van der Waals surface area (Å²) in [6, 6.07) is 3.15. The summed E-state index contributed by atoms with van der Waals surface area (Å²) < 4.78 is 5.10. The smallest absolute Gasteiger partial charge is 0.185 e. The van der Waals surface area contributed by atoms with E-state index in [4.69, 9.17) is 4.42 Å². The van der Waals surface area contributed by atoms with Crippen molar-refractivity contribution in [1.82, 2.24) is 4.98 Å². The standard InChI is InChI=1S/C9H7NO3/c1-5(12)7-3-9-8(10-7)2-6(4-11)13-9/h2-4,10H,1H3. The minimum Gasteiger partial charge on any atom is -0.452 e. The lowest BCUT2D eigenvalue weighted by molar-refractivity contribution is 0.101. The van der Waals surface area contributed by atoms with Crippen molar-refractivity contribution in [2.75, 3.05) is 0 Å². The predicted molar refractivity (Wildman–Crippen MR) is 46.0 cm³/mol. The van der Waals surface area contributed by atoms with Crippen LogP contribution in [-0.2, 0) is 0 Å². The molecule has 0 unspecified atom stereocenters. The lowest BCUT2D eigenvalue weighted by Gasteiger charge is -1.84. The minimum absolute atomic E-state index is 0.0564. The number of hydrogen-bond acceptors (Lipinski definition) is 3. The number of ketones is 1. The Balaban J connectivity index is 2.60. The molecule has 0 atom stereocenters. The average Bonchev–Trinajstić information content (AvgIpc) is 2.58. The van der Waals surface area contributed by atoms with Gasteiger partial charge in [0, 0.05) is 19.1 Å². The lowest BCUT2D eigenvalue weighted by atomic mass is 10.3. The molecular formula is C9H7NO3. The van der Waals surface area contributed by atoms with Gasteiger partial charge in [-0.15, -0.1) is 0 Å². The molecule has 0 saturated carbocycles. The van der Waals surface area contributed by atoms with Crippen LogP contribution in [0.4, 0.5) is 0 Å². The number of nitrogens with one attached hydrogen (secondary N) is 1. The summed E-state index contributed by atoms with van der Waals surface area (Å²) in [5.74, 6) is 0.204. The molecule has 0 saturated heterocycles. The van der Waals surface area contributed by atoms with E-state index in [-0.39, 0.29) is 11.5 Å². The molecule has 66 valence electrons. The van der Waals surface area contributed by atoms with Gasteiger partial charge in [-0.3, -0.25) is 9.59 Å². The Labute approximate surface area is 73.5 Å². The average molecular weight is 177 g/mol. The molecular weight excluding hydrogens is 170 g/mol. The van der Waals surface area contributed by atoms with Gasteiger partial charge >= 0.3 is 0 Å². The second kappa shape index (κ2) is 2.58. The largest absolute Gasteiger partial charge is 0.452 e. The zero-order chi connectivity index (χ0) is 9.42. The number of H-pyrrole nitrogens is 1. The fraction of sp³-hybridized carbons (Fsp3) is 0.111. The Kier molecular flexibility index (Phi) is 1.55. The molecule has 0 spiro atoms. The molecule has 0 bridgehead atoms. The van der Waals surface area contributed by atoms with Crippen molar-refractivity contribution in [2.45, 2.75) is 6.92 Å². The number of fused-ring (bicyclic) bond motifs is 1. The van der Waals surface area contributed by atoms with E-state index < -0.39 is 0 Å². The highest BCUT2D eigenvalue weighted by Crippen LogP contribution is 2.19. The van der Waals surface area contributed by atoms with E-state index >= 15 is 0 Å². The van der Waals surface area contributed by atoms with E-state index in [0.29, 0.717) is 23.1 Å². The number of Topliss-reactive ketones (excluding diaryl/α,β-unsaturated/α-hetero) is 1. The zero-order valence-electron chi connectivity index (χ0n) is 6.96. The van der Waals surface area contributed by atoms with Crippen LogP contribution in [0.5, 0.6) is 0 Å². The normalized spacial score (nSPS) is 10.5. The van der Waals surface area contributed by atoms with E-state index in [0.717, 1.165) is 0 Å². The number of hydrogen-bond donors (Lipinski definition) is 1. The molecule has 0 radical (unpaired) electrons.